The van der Waals surface area contributed by atoms with E-state index in [0.29, 0.717) is 6.54 Å². The first kappa shape index (κ1) is 19.5. The van der Waals surface area contributed by atoms with Crippen LogP contribution >= 0.6 is 11.3 Å². The summed E-state index contributed by atoms with van der Waals surface area (Å²) in [6.07, 6.45) is 0.940. The van der Waals surface area contributed by atoms with E-state index in [1.807, 2.05) is 23.9 Å². The Hall–Kier alpha value is -2.48. The van der Waals surface area contributed by atoms with Crippen LogP contribution in [0.2, 0.25) is 0 Å². The van der Waals surface area contributed by atoms with Crippen molar-refractivity contribution in [3.05, 3.63) is 52.4 Å². The second kappa shape index (κ2) is 7.98. The first-order valence-corrected chi connectivity index (χ1v) is 11.3. The first-order valence-electron chi connectivity index (χ1n) is 10.5. The summed E-state index contributed by atoms with van der Waals surface area (Å²) in [5.74, 6) is 0.230. The summed E-state index contributed by atoms with van der Waals surface area (Å²) >= 11 is 1.74. The van der Waals surface area contributed by atoms with Gasteiger partial charge in [-0.05, 0) is 36.7 Å². The smallest absolute Gasteiger partial charge is 0.236 e. The van der Waals surface area contributed by atoms with Gasteiger partial charge >= 0.3 is 0 Å². The molecule has 1 saturated heterocycles. The van der Waals surface area contributed by atoms with Crippen molar-refractivity contribution in [1.29, 1.82) is 0 Å². The van der Waals surface area contributed by atoms with Crippen LogP contribution in [0.25, 0.3) is 21.8 Å². The summed E-state index contributed by atoms with van der Waals surface area (Å²) in [6.45, 7) is 4.93. The predicted molar refractivity (Wildman–Crippen MR) is 121 cm³/mol. The summed E-state index contributed by atoms with van der Waals surface area (Å²) in [5, 5.41) is 9.94. The first-order chi connectivity index (χ1) is 14.6. The van der Waals surface area contributed by atoms with E-state index in [4.69, 9.17) is 0 Å². The molecule has 1 fully saturated rings. The van der Waals surface area contributed by atoms with Crippen molar-refractivity contribution in [1.82, 2.24) is 24.9 Å². The minimum absolute atomic E-state index is 0.230. The number of nitrogens with one attached hydrogen (secondary N) is 1. The van der Waals surface area contributed by atoms with Crippen LogP contribution in [0.5, 0.6) is 0 Å². The highest BCUT2D eigenvalue weighted by molar-refractivity contribution is 7.13. The van der Waals surface area contributed by atoms with Crippen LogP contribution in [0.4, 0.5) is 0 Å². The Morgan fingerprint density at radius 1 is 1.20 bits per heavy atom. The van der Waals surface area contributed by atoms with Crippen molar-refractivity contribution in [2.75, 3.05) is 46.8 Å². The molecule has 1 aromatic carbocycles. The van der Waals surface area contributed by atoms with E-state index in [-0.39, 0.29) is 5.91 Å². The molecular weight excluding hydrogens is 394 g/mol. The van der Waals surface area contributed by atoms with Gasteiger partial charge in [-0.1, -0.05) is 24.3 Å². The van der Waals surface area contributed by atoms with Crippen molar-refractivity contribution in [3.8, 4) is 21.8 Å². The van der Waals surface area contributed by atoms with Gasteiger partial charge < -0.3 is 9.80 Å². The lowest BCUT2D eigenvalue weighted by molar-refractivity contribution is -0.133. The number of fused-ring (bicyclic) bond motifs is 3. The molecule has 0 saturated carbocycles. The van der Waals surface area contributed by atoms with E-state index in [9.17, 15) is 4.79 Å². The van der Waals surface area contributed by atoms with Crippen molar-refractivity contribution >= 4 is 17.2 Å². The standard InChI is InChI=1S/C23H27N5OS/c1-26(2)15-21(29)28-9-7-27(8-10-28)14-16-5-6-18-17(12-16)13-19-22(18)24-25-23(19)20-4-3-11-30-20/h3-6,11-12H,7-10,13-15H2,1-2H3,(H,24,25). The van der Waals surface area contributed by atoms with Gasteiger partial charge in [0.2, 0.25) is 5.91 Å². The lowest BCUT2D eigenvalue weighted by Gasteiger charge is -2.35. The van der Waals surface area contributed by atoms with E-state index in [1.165, 1.54) is 32.8 Å². The molecule has 0 atom stereocenters. The fraction of sp³-hybridized carbons (Fsp3) is 0.391. The van der Waals surface area contributed by atoms with Gasteiger partial charge in [-0.3, -0.25) is 14.8 Å². The number of amides is 1. The van der Waals surface area contributed by atoms with Crippen molar-refractivity contribution < 1.29 is 4.79 Å². The second-order valence-electron chi connectivity index (χ2n) is 8.47. The Labute approximate surface area is 181 Å². The van der Waals surface area contributed by atoms with Gasteiger partial charge in [-0.15, -0.1) is 11.3 Å². The van der Waals surface area contributed by atoms with Crippen LogP contribution in [0.1, 0.15) is 16.7 Å². The maximum atomic E-state index is 12.3. The number of hydrogen-bond donors (Lipinski definition) is 1. The molecule has 1 aliphatic carbocycles. The monoisotopic (exact) mass is 421 g/mol. The van der Waals surface area contributed by atoms with Crippen LogP contribution in [-0.4, -0.2) is 77.6 Å². The minimum Gasteiger partial charge on any atom is -0.339 e. The number of carbonyl (C=O) groups excluding carboxylic acids is 1. The number of thiophene rings is 1. The molecule has 3 heterocycles. The van der Waals surface area contributed by atoms with Gasteiger partial charge in [-0.25, -0.2) is 0 Å². The molecule has 1 amide bonds. The Morgan fingerprint density at radius 2 is 2.03 bits per heavy atom. The highest BCUT2D eigenvalue weighted by Crippen LogP contribution is 2.41. The molecule has 6 nitrogen and oxygen atoms in total. The van der Waals surface area contributed by atoms with Crippen LogP contribution in [0, 0.1) is 0 Å². The highest BCUT2D eigenvalue weighted by atomic mass is 32.1. The number of aromatic nitrogens is 2. The SMILES string of the molecule is CN(C)CC(=O)N1CCN(Cc2ccc3c(c2)Cc2c(-c4cccs4)n[nH]c2-3)CC1. The molecule has 0 spiro atoms. The van der Waals surface area contributed by atoms with E-state index >= 15 is 0 Å². The lowest BCUT2D eigenvalue weighted by Crippen LogP contribution is -2.50. The average Bonchev–Trinajstić information content (AvgIpc) is 3.44. The number of rotatable bonds is 5. The summed E-state index contributed by atoms with van der Waals surface area (Å²) in [5.41, 5.74) is 7.59. The van der Waals surface area contributed by atoms with E-state index in [1.54, 1.807) is 11.3 Å². The molecule has 156 valence electrons. The molecule has 1 aliphatic heterocycles. The third-order valence-corrected chi connectivity index (χ3v) is 6.89. The zero-order chi connectivity index (χ0) is 20.7. The molecule has 2 aromatic heterocycles. The van der Waals surface area contributed by atoms with Gasteiger partial charge in [0.05, 0.1) is 17.1 Å². The number of hydrogen-bond acceptors (Lipinski definition) is 5. The fourth-order valence-electron chi connectivity index (χ4n) is 4.49. The number of nitrogens with zero attached hydrogens (tertiary/aromatic N) is 4. The van der Waals surface area contributed by atoms with Gasteiger partial charge in [0.1, 0.15) is 5.69 Å². The Morgan fingerprint density at radius 3 is 2.77 bits per heavy atom. The van der Waals surface area contributed by atoms with Gasteiger partial charge in [0, 0.05) is 50.3 Å². The summed E-state index contributed by atoms with van der Waals surface area (Å²) < 4.78 is 0. The number of benzene rings is 1. The molecule has 5 rings (SSSR count). The zero-order valence-corrected chi connectivity index (χ0v) is 18.3. The summed E-state index contributed by atoms with van der Waals surface area (Å²) in [6, 6.07) is 11.0. The number of piperazine rings is 1. The van der Waals surface area contributed by atoms with E-state index < -0.39 is 0 Å². The van der Waals surface area contributed by atoms with Crippen molar-refractivity contribution in [2.24, 2.45) is 0 Å². The molecule has 3 aromatic rings. The maximum absolute atomic E-state index is 12.3. The summed E-state index contributed by atoms with van der Waals surface area (Å²) in [4.78, 5) is 19.9. The topological polar surface area (TPSA) is 55.5 Å². The Kier molecular flexibility index (Phi) is 5.18. The van der Waals surface area contributed by atoms with Crippen molar-refractivity contribution in [2.45, 2.75) is 13.0 Å². The van der Waals surface area contributed by atoms with Crippen LogP contribution in [-0.2, 0) is 17.8 Å². The van der Waals surface area contributed by atoms with E-state index in [2.05, 4.69) is 50.8 Å². The number of likely N-dealkylation sites (N-methyl/N-ethyl adjacent to an activating group) is 1. The average molecular weight is 422 g/mol. The molecular formula is C23H27N5OS. The predicted octanol–water partition coefficient (Wildman–Crippen LogP) is 2.92. The molecule has 0 bridgehead atoms. The third kappa shape index (κ3) is 3.69. The lowest BCUT2D eigenvalue weighted by atomic mass is 10.0. The molecule has 30 heavy (non-hydrogen) atoms. The van der Waals surface area contributed by atoms with Gasteiger partial charge in [0.15, 0.2) is 0 Å². The molecule has 1 N–H and O–H groups in total. The van der Waals surface area contributed by atoms with Crippen LogP contribution < -0.4 is 0 Å². The van der Waals surface area contributed by atoms with E-state index in [0.717, 1.165) is 44.8 Å². The summed E-state index contributed by atoms with van der Waals surface area (Å²) in [7, 11) is 3.88. The Balaban J connectivity index is 1.24. The quantitative estimate of drug-likeness (QED) is 0.538. The Bertz CT molecular complexity index is 1050. The number of H-pyrrole nitrogens is 1. The highest BCUT2D eigenvalue weighted by Gasteiger charge is 2.26. The van der Waals surface area contributed by atoms with Crippen molar-refractivity contribution in [3.63, 3.8) is 0 Å². The molecule has 2 aliphatic rings. The van der Waals surface area contributed by atoms with Crippen LogP contribution in [0.3, 0.4) is 0 Å². The zero-order valence-electron chi connectivity index (χ0n) is 17.5. The maximum Gasteiger partial charge on any atom is 0.236 e. The second-order valence-corrected chi connectivity index (χ2v) is 9.41. The van der Waals surface area contributed by atoms with Gasteiger partial charge in [0.25, 0.3) is 0 Å². The van der Waals surface area contributed by atoms with Gasteiger partial charge in [-0.2, -0.15) is 5.10 Å². The molecule has 0 unspecified atom stereocenters. The molecule has 0 radical (unpaired) electrons. The normalized spacial score (nSPS) is 16.2. The molecule has 7 heteroatoms. The largest absolute Gasteiger partial charge is 0.339 e. The fourth-order valence-corrected chi connectivity index (χ4v) is 5.23. The number of aromatic amines is 1. The van der Waals surface area contributed by atoms with Crippen LogP contribution in [0.15, 0.2) is 35.7 Å². The third-order valence-electron chi connectivity index (χ3n) is 6.01. The minimum atomic E-state index is 0.230. The number of carbonyl (C=O) groups is 1.